The summed E-state index contributed by atoms with van der Waals surface area (Å²) in [4.78, 5) is 0. The Labute approximate surface area is 98.0 Å². The van der Waals surface area contributed by atoms with Crippen molar-refractivity contribution in [1.29, 1.82) is 0 Å². The number of nitrogen functional groups attached to an aromatic ring is 1. The predicted molar refractivity (Wildman–Crippen MR) is 67.4 cm³/mol. The maximum Gasteiger partial charge on any atom is 0.125 e. The van der Waals surface area contributed by atoms with Crippen molar-refractivity contribution in [1.82, 2.24) is 9.78 Å². The molecule has 0 fully saturated rings. The van der Waals surface area contributed by atoms with E-state index in [0.29, 0.717) is 5.92 Å². The van der Waals surface area contributed by atoms with Crippen molar-refractivity contribution in [2.45, 2.75) is 58.9 Å². The molecule has 0 amide bonds. The van der Waals surface area contributed by atoms with Gasteiger partial charge in [-0.25, -0.2) is 4.68 Å². The monoisotopic (exact) mass is 221 g/mol. The summed E-state index contributed by atoms with van der Waals surface area (Å²) in [7, 11) is 0. The molecule has 1 aliphatic carbocycles. The third-order valence-corrected chi connectivity index (χ3v) is 3.49. The number of nitrogens with two attached hydrogens (primary N) is 1. The second kappa shape index (κ2) is 3.79. The average molecular weight is 221 g/mol. The quantitative estimate of drug-likeness (QED) is 0.834. The van der Waals surface area contributed by atoms with Crippen LogP contribution in [-0.2, 0) is 18.4 Å². The van der Waals surface area contributed by atoms with Crippen molar-refractivity contribution in [3.05, 3.63) is 11.3 Å². The predicted octanol–water partition coefficient (Wildman–Crippen LogP) is 2.74. The molecule has 2 rings (SSSR count). The molecule has 1 heterocycles. The Morgan fingerprint density at radius 1 is 1.44 bits per heavy atom. The Morgan fingerprint density at radius 3 is 2.69 bits per heavy atom. The van der Waals surface area contributed by atoms with Gasteiger partial charge in [-0.15, -0.1) is 0 Å². The molecule has 3 nitrogen and oxygen atoms in total. The average Bonchev–Trinajstić information content (AvgIpc) is 2.43. The highest BCUT2D eigenvalue weighted by Gasteiger charge is 2.33. The first kappa shape index (κ1) is 11.5. The molecular formula is C13H23N3. The summed E-state index contributed by atoms with van der Waals surface area (Å²) in [5.41, 5.74) is 8.99. The molecule has 1 aliphatic rings. The van der Waals surface area contributed by atoms with E-state index in [1.165, 1.54) is 24.1 Å². The van der Waals surface area contributed by atoms with Gasteiger partial charge in [-0.1, -0.05) is 27.7 Å². The number of hydrogen-bond donors (Lipinski definition) is 1. The Kier molecular flexibility index (Phi) is 2.72. The zero-order chi connectivity index (χ0) is 11.9. The van der Waals surface area contributed by atoms with Crippen molar-refractivity contribution in [3.63, 3.8) is 0 Å². The molecular weight excluding hydrogens is 198 g/mol. The SMILES string of the molecule is CC(C)Cn1nc2c(c1N)C(C)(C)CCC2. The minimum absolute atomic E-state index is 0.201. The van der Waals surface area contributed by atoms with E-state index in [-0.39, 0.29) is 5.41 Å². The number of aromatic nitrogens is 2. The number of rotatable bonds is 2. The molecule has 16 heavy (non-hydrogen) atoms. The minimum Gasteiger partial charge on any atom is -0.384 e. The van der Waals surface area contributed by atoms with Crippen molar-refractivity contribution >= 4 is 5.82 Å². The number of nitrogens with zero attached hydrogens (tertiary/aromatic N) is 2. The maximum absolute atomic E-state index is 6.25. The topological polar surface area (TPSA) is 43.8 Å². The highest BCUT2D eigenvalue weighted by atomic mass is 15.3. The lowest BCUT2D eigenvalue weighted by molar-refractivity contribution is 0.431. The molecule has 0 aromatic carbocycles. The van der Waals surface area contributed by atoms with Crippen molar-refractivity contribution < 1.29 is 0 Å². The van der Waals surface area contributed by atoms with E-state index in [1.54, 1.807) is 0 Å². The molecule has 3 heteroatoms. The third-order valence-electron chi connectivity index (χ3n) is 3.49. The number of hydrogen-bond acceptors (Lipinski definition) is 2. The van der Waals surface area contributed by atoms with Gasteiger partial charge in [0.1, 0.15) is 5.82 Å². The van der Waals surface area contributed by atoms with Gasteiger partial charge in [-0.3, -0.25) is 0 Å². The number of anilines is 1. The smallest absolute Gasteiger partial charge is 0.125 e. The van der Waals surface area contributed by atoms with Crippen LogP contribution in [0.2, 0.25) is 0 Å². The summed E-state index contributed by atoms with van der Waals surface area (Å²) >= 11 is 0. The lowest BCUT2D eigenvalue weighted by Crippen LogP contribution is -2.24. The summed E-state index contributed by atoms with van der Waals surface area (Å²) in [5.74, 6) is 1.49. The molecule has 2 N–H and O–H groups in total. The van der Waals surface area contributed by atoms with E-state index in [2.05, 4.69) is 32.8 Å². The van der Waals surface area contributed by atoms with E-state index in [9.17, 15) is 0 Å². The zero-order valence-corrected chi connectivity index (χ0v) is 10.9. The van der Waals surface area contributed by atoms with Gasteiger partial charge in [-0.05, 0) is 30.6 Å². The van der Waals surface area contributed by atoms with Crippen molar-refractivity contribution in [2.24, 2.45) is 5.92 Å². The van der Waals surface area contributed by atoms with Crippen LogP contribution in [0, 0.1) is 5.92 Å². The van der Waals surface area contributed by atoms with E-state index < -0.39 is 0 Å². The Balaban J connectivity index is 2.43. The first-order valence-electron chi connectivity index (χ1n) is 6.27. The molecule has 1 aromatic heterocycles. The van der Waals surface area contributed by atoms with Gasteiger partial charge in [0.15, 0.2) is 0 Å². The molecule has 0 saturated heterocycles. The summed E-state index contributed by atoms with van der Waals surface area (Å²) in [6, 6.07) is 0. The Hall–Kier alpha value is -0.990. The Bertz CT molecular complexity index is 388. The maximum atomic E-state index is 6.25. The normalized spacial score (nSPS) is 18.8. The second-order valence-electron chi connectivity index (χ2n) is 6.02. The number of aryl methyl sites for hydroxylation is 1. The fraction of sp³-hybridized carbons (Fsp3) is 0.769. The van der Waals surface area contributed by atoms with E-state index in [1.807, 2.05) is 4.68 Å². The molecule has 0 unspecified atom stereocenters. The van der Waals surface area contributed by atoms with Gasteiger partial charge in [-0.2, -0.15) is 5.10 Å². The van der Waals surface area contributed by atoms with E-state index in [0.717, 1.165) is 18.8 Å². The molecule has 0 saturated carbocycles. The van der Waals surface area contributed by atoms with Crippen LogP contribution in [0.1, 0.15) is 51.8 Å². The zero-order valence-electron chi connectivity index (χ0n) is 10.9. The molecule has 0 bridgehead atoms. The van der Waals surface area contributed by atoms with Crippen molar-refractivity contribution in [3.8, 4) is 0 Å². The van der Waals surface area contributed by atoms with Crippen LogP contribution < -0.4 is 5.73 Å². The third kappa shape index (κ3) is 1.83. The fourth-order valence-corrected chi connectivity index (χ4v) is 2.75. The van der Waals surface area contributed by atoms with Crippen LogP contribution in [-0.4, -0.2) is 9.78 Å². The fourth-order valence-electron chi connectivity index (χ4n) is 2.75. The molecule has 0 radical (unpaired) electrons. The van der Waals surface area contributed by atoms with E-state index in [4.69, 9.17) is 5.73 Å². The molecule has 1 aromatic rings. The number of fused-ring (bicyclic) bond motifs is 1. The standard InChI is InChI=1S/C13H23N3/c1-9(2)8-16-12(14)11-10(15-16)6-5-7-13(11,3)4/h9H,5-8,14H2,1-4H3. The van der Waals surface area contributed by atoms with Crippen LogP contribution in [0.3, 0.4) is 0 Å². The molecule has 90 valence electrons. The highest BCUT2D eigenvalue weighted by molar-refractivity contribution is 5.49. The first-order chi connectivity index (χ1) is 7.42. The summed E-state index contributed by atoms with van der Waals surface area (Å²) < 4.78 is 2.00. The van der Waals surface area contributed by atoms with Crippen LogP contribution in [0.4, 0.5) is 5.82 Å². The van der Waals surface area contributed by atoms with Gasteiger partial charge in [0.05, 0.1) is 5.69 Å². The van der Waals surface area contributed by atoms with Gasteiger partial charge < -0.3 is 5.73 Å². The lowest BCUT2D eigenvalue weighted by atomic mass is 9.75. The Morgan fingerprint density at radius 2 is 2.12 bits per heavy atom. The largest absolute Gasteiger partial charge is 0.384 e. The molecule has 0 spiro atoms. The minimum atomic E-state index is 0.201. The summed E-state index contributed by atoms with van der Waals surface area (Å²) in [5, 5.41) is 4.68. The van der Waals surface area contributed by atoms with Crippen molar-refractivity contribution in [2.75, 3.05) is 5.73 Å². The van der Waals surface area contributed by atoms with Gasteiger partial charge >= 0.3 is 0 Å². The van der Waals surface area contributed by atoms with Crippen LogP contribution in [0.25, 0.3) is 0 Å². The lowest BCUT2D eigenvalue weighted by Gasteiger charge is -2.29. The second-order valence-corrected chi connectivity index (χ2v) is 6.02. The van der Waals surface area contributed by atoms with Crippen LogP contribution >= 0.6 is 0 Å². The van der Waals surface area contributed by atoms with Gasteiger partial charge in [0.2, 0.25) is 0 Å². The summed E-state index contributed by atoms with van der Waals surface area (Å²) in [6.45, 7) is 9.89. The molecule has 0 aliphatic heterocycles. The van der Waals surface area contributed by atoms with Gasteiger partial charge in [0, 0.05) is 12.1 Å². The summed E-state index contributed by atoms with van der Waals surface area (Å²) in [6.07, 6.45) is 3.55. The van der Waals surface area contributed by atoms with Crippen LogP contribution in [0.15, 0.2) is 0 Å². The first-order valence-corrected chi connectivity index (χ1v) is 6.27. The molecule has 0 atom stereocenters. The van der Waals surface area contributed by atoms with Gasteiger partial charge in [0.25, 0.3) is 0 Å². The van der Waals surface area contributed by atoms with E-state index >= 15 is 0 Å². The highest BCUT2D eigenvalue weighted by Crippen LogP contribution is 2.39. The van der Waals surface area contributed by atoms with Crippen LogP contribution in [0.5, 0.6) is 0 Å².